The van der Waals surface area contributed by atoms with Crippen molar-refractivity contribution >= 4 is 17.3 Å². The zero-order valence-corrected chi connectivity index (χ0v) is 13.8. The van der Waals surface area contributed by atoms with E-state index < -0.39 is 0 Å². The van der Waals surface area contributed by atoms with Crippen LogP contribution in [0.25, 0.3) is 0 Å². The highest BCUT2D eigenvalue weighted by molar-refractivity contribution is 6.30. The maximum atomic E-state index is 6.30. The van der Waals surface area contributed by atoms with Gasteiger partial charge in [0, 0.05) is 23.8 Å². The van der Waals surface area contributed by atoms with Gasteiger partial charge in [-0.25, -0.2) is 5.06 Å². The quantitative estimate of drug-likeness (QED) is 0.643. The van der Waals surface area contributed by atoms with Crippen molar-refractivity contribution in [3.8, 4) is 0 Å². The van der Waals surface area contributed by atoms with Gasteiger partial charge in [-0.1, -0.05) is 48.0 Å². The van der Waals surface area contributed by atoms with E-state index in [1.807, 2.05) is 59.8 Å². The molecule has 2 heterocycles. The van der Waals surface area contributed by atoms with Gasteiger partial charge in [-0.2, -0.15) is 0 Å². The first-order chi connectivity index (χ1) is 11.8. The molecule has 1 saturated heterocycles. The number of aromatic nitrogens is 1. The molecule has 2 unspecified atom stereocenters. The summed E-state index contributed by atoms with van der Waals surface area (Å²) in [5.74, 6) is 0. The fourth-order valence-electron chi connectivity index (χ4n) is 3.09. The molecule has 0 radical (unpaired) electrons. The highest BCUT2D eigenvalue weighted by atomic mass is 35.5. The van der Waals surface area contributed by atoms with Gasteiger partial charge in [0.2, 0.25) is 0 Å². The molecule has 1 aromatic heterocycles. The van der Waals surface area contributed by atoms with E-state index in [4.69, 9.17) is 16.4 Å². The highest BCUT2D eigenvalue weighted by Crippen LogP contribution is 2.44. The summed E-state index contributed by atoms with van der Waals surface area (Å²) in [6.07, 6.45) is 4.59. The van der Waals surface area contributed by atoms with Crippen LogP contribution in [0.2, 0.25) is 5.02 Å². The smallest absolute Gasteiger partial charge is 0.113 e. The molecular formula is C20H17ClN2O. The lowest BCUT2D eigenvalue weighted by molar-refractivity contribution is 0.0836. The molecule has 0 aliphatic carbocycles. The number of halogens is 1. The standard InChI is InChI=1S/C20H17ClN2O/c21-17-8-10-18(11-9-17)23-19(16-7-4-12-22-14-16)13-20(24-23)15-5-2-1-3-6-15/h1-12,14,19-20H,13H2. The minimum atomic E-state index is 0.0204. The van der Waals surface area contributed by atoms with Crippen molar-refractivity contribution in [2.75, 3.05) is 5.06 Å². The molecule has 0 saturated carbocycles. The summed E-state index contributed by atoms with van der Waals surface area (Å²) in [6.45, 7) is 0. The Hall–Kier alpha value is -2.36. The number of hydrogen-bond donors (Lipinski definition) is 0. The third-order valence-corrected chi connectivity index (χ3v) is 4.53. The number of rotatable bonds is 3. The first-order valence-electron chi connectivity index (χ1n) is 7.98. The summed E-state index contributed by atoms with van der Waals surface area (Å²) < 4.78 is 0. The van der Waals surface area contributed by atoms with Gasteiger partial charge in [-0.15, -0.1) is 0 Å². The lowest BCUT2D eigenvalue weighted by Gasteiger charge is -2.25. The number of benzene rings is 2. The first kappa shape index (κ1) is 15.2. The molecule has 0 spiro atoms. The second-order valence-electron chi connectivity index (χ2n) is 5.84. The fraction of sp³-hybridized carbons (Fsp3) is 0.150. The second-order valence-corrected chi connectivity index (χ2v) is 6.28. The minimum Gasteiger partial charge on any atom is -0.265 e. The Balaban J connectivity index is 1.69. The van der Waals surface area contributed by atoms with Gasteiger partial charge < -0.3 is 0 Å². The van der Waals surface area contributed by atoms with Crippen LogP contribution in [0.3, 0.4) is 0 Å². The van der Waals surface area contributed by atoms with Gasteiger partial charge in [0.05, 0.1) is 11.7 Å². The molecule has 1 aliphatic rings. The SMILES string of the molecule is Clc1ccc(N2OC(c3ccccc3)CC2c2cccnc2)cc1. The van der Waals surface area contributed by atoms with Crippen molar-refractivity contribution < 1.29 is 4.84 Å². The van der Waals surface area contributed by atoms with Crippen molar-refractivity contribution in [1.82, 2.24) is 4.98 Å². The largest absolute Gasteiger partial charge is 0.265 e. The van der Waals surface area contributed by atoms with Gasteiger partial charge in [0.25, 0.3) is 0 Å². The third kappa shape index (κ3) is 3.01. The summed E-state index contributed by atoms with van der Waals surface area (Å²) >= 11 is 6.03. The summed E-state index contributed by atoms with van der Waals surface area (Å²) in [5.41, 5.74) is 3.32. The number of pyridine rings is 1. The van der Waals surface area contributed by atoms with E-state index in [0.29, 0.717) is 0 Å². The zero-order chi connectivity index (χ0) is 16.4. The van der Waals surface area contributed by atoms with Crippen LogP contribution in [0.4, 0.5) is 5.69 Å². The van der Waals surface area contributed by atoms with E-state index in [2.05, 4.69) is 23.2 Å². The predicted molar refractivity (Wildman–Crippen MR) is 95.8 cm³/mol. The monoisotopic (exact) mass is 336 g/mol. The average Bonchev–Trinajstić information content (AvgIpc) is 3.09. The number of hydrogen-bond acceptors (Lipinski definition) is 3. The summed E-state index contributed by atoms with van der Waals surface area (Å²) in [4.78, 5) is 10.6. The van der Waals surface area contributed by atoms with Crippen LogP contribution in [0, 0.1) is 0 Å². The molecule has 0 bridgehead atoms. The highest BCUT2D eigenvalue weighted by Gasteiger charge is 2.35. The van der Waals surface area contributed by atoms with Gasteiger partial charge in [-0.3, -0.25) is 9.82 Å². The molecule has 120 valence electrons. The molecule has 0 amide bonds. The van der Waals surface area contributed by atoms with Crippen molar-refractivity contribution in [3.63, 3.8) is 0 Å². The van der Waals surface area contributed by atoms with E-state index in [0.717, 1.165) is 22.7 Å². The molecule has 1 aliphatic heterocycles. The molecule has 2 atom stereocenters. The normalized spacial score (nSPS) is 20.3. The topological polar surface area (TPSA) is 25.4 Å². The van der Waals surface area contributed by atoms with Gasteiger partial charge in [0.1, 0.15) is 6.10 Å². The molecule has 4 heteroatoms. The van der Waals surface area contributed by atoms with E-state index in [9.17, 15) is 0 Å². The fourth-order valence-corrected chi connectivity index (χ4v) is 3.22. The van der Waals surface area contributed by atoms with Crippen LogP contribution >= 0.6 is 11.6 Å². The van der Waals surface area contributed by atoms with Gasteiger partial charge in [0.15, 0.2) is 0 Å². The Morgan fingerprint density at radius 1 is 0.917 bits per heavy atom. The Morgan fingerprint density at radius 3 is 2.38 bits per heavy atom. The number of nitrogens with zero attached hydrogens (tertiary/aromatic N) is 2. The molecule has 1 fully saturated rings. The predicted octanol–water partition coefficient (Wildman–Crippen LogP) is 5.36. The molecule has 3 aromatic rings. The Labute approximate surface area is 146 Å². The van der Waals surface area contributed by atoms with Gasteiger partial charge in [-0.05, 0) is 41.5 Å². The van der Waals surface area contributed by atoms with E-state index in [-0.39, 0.29) is 12.1 Å². The van der Waals surface area contributed by atoms with E-state index in [1.54, 1.807) is 6.20 Å². The van der Waals surface area contributed by atoms with E-state index in [1.165, 1.54) is 5.56 Å². The average molecular weight is 337 g/mol. The maximum Gasteiger partial charge on any atom is 0.113 e. The van der Waals surface area contributed by atoms with Crippen LogP contribution < -0.4 is 5.06 Å². The number of hydroxylamine groups is 1. The van der Waals surface area contributed by atoms with Crippen LogP contribution in [-0.4, -0.2) is 4.98 Å². The lowest BCUT2D eigenvalue weighted by Crippen LogP contribution is -2.21. The van der Waals surface area contributed by atoms with Crippen molar-refractivity contribution in [1.29, 1.82) is 0 Å². The third-order valence-electron chi connectivity index (χ3n) is 4.28. The molecular weight excluding hydrogens is 320 g/mol. The Bertz CT molecular complexity index is 793. The summed E-state index contributed by atoms with van der Waals surface area (Å²) in [7, 11) is 0. The maximum absolute atomic E-state index is 6.30. The van der Waals surface area contributed by atoms with Crippen molar-refractivity contribution in [2.45, 2.75) is 18.6 Å². The molecule has 2 aromatic carbocycles. The minimum absolute atomic E-state index is 0.0204. The molecule has 3 nitrogen and oxygen atoms in total. The van der Waals surface area contributed by atoms with Crippen molar-refractivity contribution in [3.05, 3.63) is 95.3 Å². The zero-order valence-electron chi connectivity index (χ0n) is 13.0. The molecule has 24 heavy (non-hydrogen) atoms. The summed E-state index contributed by atoms with van der Waals surface area (Å²) in [6, 6.07) is 22.2. The van der Waals surface area contributed by atoms with Crippen LogP contribution in [-0.2, 0) is 4.84 Å². The Morgan fingerprint density at radius 2 is 1.67 bits per heavy atom. The van der Waals surface area contributed by atoms with E-state index >= 15 is 0 Å². The van der Waals surface area contributed by atoms with Gasteiger partial charge >= 0.3 is 0 Å². The van der Waals surface area contributed by atoms with Crippen LogP contribution in [0.5, 0.6) is 0 Å². The first-order valence-corrected chi connectivity index (χ1v) is 8.35. The Kier molecular flexibility index (Phi) is 4.20. The molecule has 4 rings (SSSR count). The van der Waals surface area contributed by atoms with Crippen LogP contribution in [0.1, 0.15) is 29.7 Å². The van der Waals surface area contributed by atoms with Crippen molar-refractivity contribution in [2.24, 2.45) is 0 Å². The number of anilines is 1. The summed E-state index contributed by atoms with van der Waals surface area (Å²) in [5, 5.41) is 2.70. The second kappa shape index (κ2) is 6.63. The van der Waals surface area contributed by atoms with Crippen LogP contribution in [0.15, 0.2) is 79.1 Å². The molecule has 0 N–H and O–H groups in total. The lowest BCUT2D eigenvalue weighted by atomic mass is 9.99.